The topological polar surface area (TPSA) is 44.9 Å². The quantitative estimate of drug-likeness (QED) is 0.796. The molecule has 0 N–H and O–H groups in total. The summed E-state index contributed by atoms with van der Waals surface area (Å²) in [5.74, 6) is 0.881. The van der Waals surface area contributed by atoms with Gasteiger partial charge in [-0.05, 0) is 45.0 Å². The van der Waals surface area contributed by atoms with Crippen molar-refractivity contribution in [2.24, 2.45) is 0 Å². The minimum atomic E-state index is -0.144. The fourth-order valence-corrected chi connectivity index (χ4v) is 2.87. The molecule has 3 rings (SSSR count). The summed E-state index contributed by atoms with van der Waals surface area (Å²) in [5, 5.41) is 8.94. The number of rotatable bonds is 5. The molecule has 0 saturated heterocycles. The predicted octanol–water partition coefficient (Wildman–Crippen LogP) is 3.30. The van der Waals surface area contributed by atoms with Gasteiger partial charge in [0.15, 0.2) is 0 Å². The second-order valence-corrected chi connectivity index (χ2v) is 6.42. The SMILES string of the molecule is CC(Cl)c1nc2ccc(C#N)cc2n1CCN(C)C1CC1. The number of likely N-dealkylation sites (N-methyl/N-ethyl adjacent to an activating group) is 1. The molecule has 1 unspecified atom stereocenters. The average molecular weight is 303 g/mol. The Morgan fingerprint density at radius 3 is 2.90 bits per heavy atom. The molecule has 21 heavy (non-hydrogen) atoms. The van der Waals surface area contributed by atoms with E-state index in [2.05, 4.69) is 27.6 Å². The van der Waals surface area contributed by atoms with E-state index in [0.717, 1.165) is 36.0 Å². The van der Waals surface area contributed by atoms with Crippen molar-refractivity contribution in [3.05, 3.63) is 29.6 Å². The summed E-state index contributed by atoms with van der Waals surface area (Å²) >= 11 is 6.28. The van der Waals surface area contributed by atoms with Crippen LogP contribution in [-0.2, 0) is 6.54 Å². The van der Waals surface area contributed by atoms with E-state index in [-0.39, 0.29) is 5.38 Å². The van der Waals surface area contributed by atoms with Crippen molar-refractivity contribution >= 4 is 22.6 Å². The summed E-state index contributed by atoms with van der Waals surface area (Å²) in [5.41, 5.74) is 2.57. The lowest BCUT2D eigenvalue weighted by atomic mass is 10.2. The fraction of sp³-hybridized carbons (Fsp3) is 0.500. The minimum absolute atomic E-state index is 0.144. The second kappa shape index (κ2) is 5.67. The van der Waals surface area contributed by atoms with E-state index >= 15 is 0 Å². The van der Waals surface area contributed by atoms with Gasteiger partial charge < -0.3 is 9.47 Å². The van der Waals surface area contributed by atoms with Gasteiger partial charge in [-0.25, -0.2) is 4.98 Å². The van der Waals surface area contributed by atoms with E-state index in [9.17, 15) is 0 Å². The zero-order chi connectivity index (χ0) is 15.0. The van der Waals surface area contributed by atoms with Gasteiger partial charge in [0.05, 0.1) is 28.0 Å². The van der Waals surface area contributed by atoms with Crippen molar-refractivity contribution in [2.75, 3.05) is 13.6 Å². The van der Waals surface area contributed by atoms with Gasteiger partial charge in [0.25, 0.3) is 0 Å². The van der Waals surface area contributed by atoms with Gasteiger partial charge in [0.1, 0.15) is 5.82 Å². The van der Waals surface area contributed by atoms with E-state index in [0.29, 0.717) is 5.56 Å². The third-order valence-corrected chi connectivity index (χ3v) is 4.30. The molecule has 1 aromatic heterocycles. The summed E-state index contributed by atoms with van der Waals surface area (Å²) in [4.78, 5) is 7.02. The molecule has 1 atom stereocenters. The Hall–Kier alpha value is -1.57. The highest BCUT2D eigenvalue weighted by molar-refractivity contribution is 6.20. The van der Waals surface area contributed by atoms with Crippen LogP contribution in [0.1, 0.15) is 36.5 Å². The van der Waals surface area contributed by atoms with Crippen molar-refractivity contribution in [2.45, 2.75) is 37.7 Å². The molecule has 0 bridgehead atoms. The van der Waals surface area contributed by atoms with Crippen LogP contribution in [0.2, 0.25) is 0 Å². The average Bonchev–Trinajstić information content (AvgIpc) is 3.26. The molecule has 110 valence electrons. The van der Waals surface area contributed by atoms with Crippen LogP contribution in [0.5, 0.6) is 0 Å². The molecule has 5 heteroatoms. The summed E-state index contributed by atoms with van der Waals surface area (Å²) in [6.07, 6.45) is 2.61. The maximum atomic E-state index is 9.09. The van der Waals surface area contributed by atoms with E-state index in [1.807, 2.05) is 19.1 Å². The van der Waals surface area contributed by atoms with Crippen molar-refractivity contribution in [3.8, 4) is 6.07 Å². The number of nitrogens with zero attached hydrogens (tertiary/aromatic N) is 4. The normalized spacial score (nSPS) is 16.3. The number of alkyl halides is 1. The molecule has 0 radical (unpaired) electrons. The summed E-state index contributed by atoms with van der Waals surface area (Å²) in [6.45, 7) is 3.77. The third kappa shape index (κ3) is 2.90. The molecule has 0 amide bonds. The van der Waals surface area contributed by atoms with Crippen LogP contribution in [0.3, 0.4) is 0 Å². The zero-order valence-electron chi connectivity index (χ0n) is 12.4. The number of fused-ring (bicyclic) bond motifs is 1. The first-order chi connectivity index (χ1) is 10.1. The third-order valence-electron chi connectivity index (χ3n) is 4.11. The van der Waals surface area contributed by atoms with Crippen LogP contribution in [0.4, 0.5) is 0 Å². The molecule has 1 fully saturated rings. The molecule has 4 nitrogen and oxygen atoms in total. The smallest absolute Gasteiger partial charge is 0.127 e. The molecular formula is C16H19ClN4. The van der Waals surface area contributed by atoms with Crippen molar-refractivity contribution in [1.29, 1.82) is 5.26 Å². The summed E-state index contributed by atoms with van der Waals surface area (Å²) < 4.78 is 2.16. The van der Waals surface area contributed by atoms with E-state index < -0.39 is 0 Å². The highest BCUT2D eigenvalue weighted by Crippen LogP contribution is 2.27. The van der Waals surface area contributed by atoms with E-state index in [1.165, 1.54) is 12.8 Å². The minimum Gasteiger partial charge on any atom is -0.325 e. The Labute approximate surface area is 129 Å². The summed E-state index contributed by atoms with van der Waals surface area (Å²) in [7, 11) is 2.17. The van der Waals surface area contributed by atoms with Crippen LogP contribution in [0.25, 0.3) is 11.0 Å². The van der Waals surface area contributed by atoms with E-state index in [4.69, 9.17) is 16.9 Å². The van der Waals surface area contributed by atoms with Crippen LogP contribution >= 0.6 is 11.6 Å². The zero-order valence-corrected chi connectivity index (χ0v) is 13.1. The number of benzene rings is 1. The maximum Gasteiger partial charge on any atom is 0.127 e. The van der Waals surface area contributed by atoms with Crippen LogP contribution < -0.4 is 0 Å². The predicted molar refractivity (Wildman–Crippen MR) is 84.4 cm³/mol. The number of hydrogen-bond acceptors (Lipinski definition) is 3. The number of imidazole rings is 1. The molecule has 1 aliphatic carbocycles. The van der Waals surface area contributed by atoms with Crippen LogP contribution in [-0.4, -0.2) is 34.1 Å². The number of aromatic nitrogens is 2. The van der Waals surface area contributed by atoms with Gasteiger partial charge in [0.2, 0.25) is 0 Å². The Morgan fingerprint density at radius 1 is 1.52 bits per heavy atom. The summed E-state index contributed by atoms with van der Waals surface area (Å²) in [6, 6.07) is 8.55. The van der Waals surface area contributed by atoms with Crippen molar-refractivity contribution in [3.63, 3.8) is 0 Å². The lowest BCUT2D eigenvalue weighted by Gasteiger charge is -2.18. The van der Waals surface area contributed by atoms with Gasteiger partial charge in [-0.15, -0.1) is 11.6 Å². The molecule has 1 aromatic carbocycles. The number of hydrogen-bond donors (Lipinski definition) is 0. The first-order valence-corrected chi connectivity index (χ1v) is 7.78. The molecule has 0 spiro atoms. The largest absolute Gasteiger partial charge is 0.325 e. The first-order valence-electron chi connectivity index (χ1n) is 7.34. The van der Waals surface area contributed by atoms with Gasteiger partial charge in [-0.3, -0.25) is 0 Å². The van der Waals surface area contributed by atoms with E-state index in [1.54, 1.807) is 6.07 Å². The highest BCUT2D eigenvalue weighted by Gasteiger charge is 2.26. The lowest BCUT2D eigenvalue weighted by molar-refractivity contribution is 0.309. The van der Waals surface area contributed by atoms with Gasteiger partial charge in [-0.1, -0.05) is 0 Å². The second-order valence-electron chi connectivity index (χ2n) is 5.76. The van der Waals surface area contributed by atoms with Crippen LogP contribution in [0, 0.1) is 11.3 Å². The Morgan fingerprint density at radius 2 is 2.29 bits per heavy atom. The Balaban J connectivity index is 1.95. The highest BCUT2D eigenvalue weighted by atomic mass is 35.5. The standard InChI is InChI=1S/C16H19ClN4/c1-11(17)16-19-14-6-3-12(10-18)9-15(14)21(16)8-7-20(2)13-4-5-13/h3,6,9,11,13H,4-5,7-8H2,1-2H3. The molecular weight excluding hydrogens is 284 g/mol. The van der Waals surface area contributed by atoms with Gasteiger partial charge in [-0.2, -0.15) is 5.26 Å². The molecule has 0 aliphatic heterocycles. The Bertz CT molecular complexity index is 694. The van der Waals surface area contributed by atoms with Crippen molar-refractivity contribution < 1.29 is 0 Å². The first kappa shape index (κ1) is 14.4. The lowest BCUT2D eigenvalue weighted by Crippen LogP contribution is -2.25. The monoisotopic (exact) mass is 302 g/mol. The van der Waals surface area contributed by atoms with Gasteiger partial charge in [0, 0.05) is 19.1 Å². The molecule has 1 saturated carbocycles. The van der Waals surface area contributed by atoms with Crippen LogP contribution in [0.15, 0.2) is 18.2 Å². The fourth-order valence-electron chi connectivity index (χ4n) is 2.71. The number of halogens is 1. The molecule has 2 aromatic rings. The number of nitriles is 1. The maximum absolute atomic E-state index is 9.09. The molecule has 1 heterocycles. The Kier molecular flexibility index (Phi) is 3.88. The molecule has 1 aliphatic rings. The van der Waals surface area contributed by atoms with Gasteiger partial charge >= 0.3 is 0 Å². The van der Waals surface area contributed by atoms with Crippen molar-refractivity contribution in [1.82, 2.24) is 14.5 Å².